The Hall–Kier alpha value is -3.33. The number of hydrogen-bond acceptors (Lipinski definition) is 5. The van der Waals surface area contributed by atoms with E-state index in [0.717, 1.165) is 17.0 Å². The van der Waals surface area contributed by atoms with E-state index in [1.54, 1.807) is 18.3 Å². The molecule has 0 radical (unpaired) electrons. The Morgan fingerprint density at radius 3 is 2.22 bits per heavy atom. The Morgan fingerprint density at radius 1 is 1.00 bits per heavy atom. The fourth-order valence-electron chi connectivity index (χ4n) is 4.59. The van der Waals surface area contributed by atoms with Gasteiger partial charge in [0.05, 0.1) is 16.7 Å². The predicted molar refractivity (Wildman–Crippen MR) is 114 cm³/mol. The molecule has 3 aliphatic carbocycles. The van der Waals surface area contributed by atoms with Crippen molar-refractivity contribution in [1.29, 1.82) is 0 Å². The van der Waals surface area contributed by atoms with Crippen LogP contribution in [-0.2, 0) is 9.59 Å². The van der Waals surface area contributed by atoms with Gasteiger partial charge in [0, 0.05) is 28.6 Å². The number of carbonyl (C=O) groups excluding carboxylic acids is 2. The van der Waals surface area contributed by atoms with E-state index in [0.29, 0.717) is 25.0 Å². The van der Waals surface area contributed by atoms with Crippen molar-refractivity contribution >= 4 is 34.3 Å². The van der Waals surface area contributed by atoms with E-state index in [2.05, 4.69) is 20.8 Å². The smallest absolute Gasteiger partial charge is 0.258 e. The number of rotatable bonds is 8. The average Bonchev–Trinajstić information content (AvgIpc) is 3.18. The monoisotopic (exact) mass is 458 g/mol. The number of hydrogen-bond donors (Lipinski definition) is 3. The van der Waals surface area contributed by atoms with Crippen LogP contribution >= 0.6 is 11.6 Å². The molecular formula is C22H20ClFN4O4. The normalized spacial score (nSPS) is 23.1. The maximum Gasteiger partial charge on any atom is 0.258 e. The van der Waals surface area contributed by atoms with Crippen LogP contribution in [0, 0.1) is 5.82 Å². The number of ether oxygens (including phenoxy) is 2. The van der Waals surface area contributed by atoms with Crippen LogP contribution in [0.1, 0.15) is 19.3 Å². The Kier molecular flexibility index (Phi) is 4.93. The third-order valence-electron chi connectivity index (χ3n) is 5.88. The first-order valence-corrected chi connectivity index (χ1v) is 10.5. The molecule has 3 fully saturated rings. The SMILES string of the molecule is O=C(COc1ccc(Cl)c(F)c1)NC12CC(NC(=O)COc3ccc4cn[nH]c4c3)(C1)C2. The first kappa shape index (κ1) is 20.6. The summed E-state index contributed by atoms with van der Waals surface area (Å²) in [6, 6.07) is 9.46. The van der Waals surface area contributed by atoms with Crippen LogP contribution in [0.25, 0.3) is 10.9 Å². The van der Waals surface area contributed by atoms with Crippen molar-refractivity contribution in [2.24, 2.45) is 0 Å². The minimum Gasteiger partial charge on any atom is -0.484 e. The molecule has 0 aliphatic heterocycles. The highest BCUT2D eigenvalue weighted by Gasteiger charge is 2.69. The second-order valence-electron chi connectivity index (χ2n) is 8.46. The van der Waals surface area contributed by atoms with Crippen LogP contribution in [0.3, 0.4) is 0 Å². The van der Waals surface area contributed by atoms with Gasteiger partial charge in [-0.3, -0.25) is 14.7 Å². The van der Waals surface area contributed by atoms with Crippen molar-refractivity contribution in [1.82, 2.24) is 20.8 Å². The van der Waals surface area contributed by atoms with E-state index in [-0.39, 0.29) is 46.9 Å². The first-order valence-electron chi connectivity index (χ1n) is 10.1. The van der Waals surface area contributed by atoms with Crippen molar-refractivity contribution in [3.8, 4) is 11.5 Å². The molecule has 1 aromatic heterocycles. The van der Waals surface area contributed by atoms with Gasteiger partial charge in [0.25, 0.3) is 11.8 Å². The summed E-state index contributed by atoms with van der Waals surface area (Å²) in [5, 5.41) is 13.7. The fourth-order valence-corrected chi connectivity index (χ4v) is 4.70. The summed E-state index contributed by atoms with van der Waals surface area (Å²) in [5.74, 6) is -0.290. The molecule has 0 saturated heterocycles. The molecule has 0 spiro atoms. The molecule has 32 heavy (non-hydrogen) atoms. The molecule has 2 aromatic carbocycles. The maximum atomic E-state index is 13.4. The number of amides is 2. The lowest BCUT2D eigenvalue weighted by Gasteiger charge is -2.70. The highest BCUT2D eigenvalue weighted by molar-refractivity contribution is 6.30. The summed E-state index contributed by atoms with van der Waals surface area (Å²) < 4.78 is 24.3. The second kappa shape index (κ2) is 7.67. The Balaban J connectivity index is 1.04. The van der Waals surface area contributed by atoms with Crippen molar-refractivity contribution < 1.29 is 23.5 Å². The van der Waals surface area contributed by atoms with E-state index in [4.69, 9.17) is 21.1 Å². The maximum absolute atomic E-state index is 13.4. The molecule has 6 rings (SSSR count). The van der Waals surface area contributed by atoms with Gasteiger partial charge in [0.15, 0.2) is 13.2 Å². The van der Waals surface area contributed by atoms with Crippen molar-refractivity contribution in [3.05, 3.63) is 53.4 Å². The number of carbonyl (C=O) groups is 2. The molecule has 2 amide bonds. The molecule has 166 valence electrons. The molecule has 3 aliphatic rings. The number of nitrogens with zero attached hydrogens (tertiary/aromatic N) is 1. The van der Waals surface area contributed by atoms with Gasteiger partial charge < -0.3 is 20.1 Å². The summed E-state index contributed by atoms with van der Waals surface area (Å²) in [4.78, 5) is 24.5. The van der Waals surface area contributed by atoms with Crippen LogP contribution in [0.2, 0.25) is 5.02 Å². The average molecular weight is 459 g/mol. The third kappa shape index (κ3) is 3.95. The molecule has 8 nitrogen and oxygen atoms in total. The molecule has 3 N–H and O–H groups in total. The number of H-pyrrole nitrogens is 1. The molecule has 3 saturated carbocycles. The van der Waals surface area contributed by atoms with Gasteiger partial charge in [-0.2, -0.15) is 5.10 Å². The Labute approximate surface area is 187 Å². The topological polar surface area (TPSA) is 105 Å². The van der Waals surface area contributed by atoms with Gasteiger partial charge in [0.2, 0.25) is 0 Å². The van der Waals surface area contributed by atoms with Crippen LogP contribution in [0.15, 0.2) is 42.6 Å². The van der Waals surface area contributed by atoms with Gasteiger partial charge in [-0.05, 0) is 43.5 Å². The Morgan fingerprint density at radius 2 is 1.59 bits per heavy atom. The van der Waals surface area contributed by atoms with Crippen LogP contribution < -0.4 is 20.1 Å². The summed E-state index contributed by atoms with van der Waals surface area (Å²) in [6.07, 6.45) is 3.69. The molecule has 1 heterocycles. The number of aromatic nitrogens is 2. The molecule has 0 unspecified atom stereocenters. The standard InChI is InChI=1S/C22H20ClFN4O4/c23-16-4-3-14(5-17(16)24)31-8-19(29)26-21-10-22(11-21,12-21)27-20(30)9-32-15-2-1-13-7-25-28-18(13)6-15/h1-7H,8-12H2,(H,25,28)(H,26,29)(H,27,30). The number of benzene rings is 2. The third-order valence-corrected chi connectivity index (χ3v) is 6.19. The second-order valence-corrected chi connectivity index (χ2v) is 8.87. The summed E-state index contributed by atoms with van der Waals surface area (Å²) >= 11 is 5.63. The lowest BCUT2D eigenvalue weighted by atomic mass is 9.44. The lowest BCUT2D eigenvalue weighted by molar-refractivity contribution is -0.151. The van der Waals surface area contributed by atoms with Crippen molar-refractivity contribution in [3.63, 3.8) is 0 Å². The van der Waals surface area contributed by atoms with Crippen LogP contribution in [0.5, 0.6) is 11.5 Å². The number of aromatic amines is 1. The lowest BCUT2D eigenvalue weighted by Crippen LogP contribution is -2.84. The number of halogens is 2. The molecule has 3 aromatic rings. The highest BCUT2D eigenvalue weighted by Crippen LogP contribution is 2.60. The van der Waals surface area contributed by atoms with Gasteiger partial charge in [-0.15, -0.1) is 0 Å². The van der Waals surface area contributed by atoms with E-state index in [9.17, 15) is 14.0 Å². The Bertz CT molecular complexity index is 1190. The largest absolute Gasteiger partial charge is 0.484 e. The zero-order valence-corrected chi connectivity index (χ0v) is 17.7. The quantitative estimate of drug-likeness (QED) is 0.481. The van der Waals surface area contributed by atoms with Gasteiger partial charge >= 0.3 is 0 Å². The summed E-state index contributed by atoms with van der Waals surface area (Å²) in [5.41, 5.74) is 0.234. The number of nitrogens with one attached hydrogen (secondary N) is 3. The molecule has 10 heteroatoms. The molecule has 2 bridgehead atoms. The van der Waals surface area contributed by atoms with Gasteiger partial charge in [0.1, 0.15) is 17.3 Å². The van der Waals surface area contributed by atoms with E-state index >= 15 is 0 Å². The van der Waals surface area contributed by atoms with Crippen LogP contribution in [0.4, 0.5) is 4.39 Å². The minimum atomic E-state index is -0.604. The summed E-state index contributed by atoms with van der Waals surface area (Å²) in [6.45, 7) is -0.317. The highest BCUT2D eigenvalue weighted by atomic mass is 35.5. The van der Waals surface area contributed by atoms with Gasteiger partial charge in [-0.1, -0.05) is 11.6 Å². The van der Waals surface area contributed by atoms with E-state index in [1.165, 1.54) is 12.1 Å². The predicted octanol–water partition coefficient (Wildman–Crippen LogP) is 2.72. The molecular weight excluding hydrogens is 439 g/mol. The number of fused-ring (bicyclic) bond motifs is 1. The summed E-state index contributed by atoms with van der Waals surface area (Å²) in [7, 11) is 0. The van der Waals surface area contributed by atoms with E-state index in [1.807, 2.05) is 6.07 Å². The zero-order chi connectivity index (χ0) is 22.3. The first-order chi connectivity index (χ1) is 15.3. The zero-order valence-electron chi connectivity index (χ0n) is 16.9. The molecule has 0 atom stereocenters. The van der Waals surface area contributed by atoms with E-state index < -0.39 is 5.82 Å². The van der Waals surface area contributed by atoms with Crippen molar-refractivity contribution in [2.45, 2.75) is 30.3 Å². The van der Waals surface area contributed by atoms with Gasteiger partial charge in [-0.25, -0.2) is 4.39 Å². The minimum absolute atomic E-state index is 0.00713. The van der Waals surface area contributed by atoms with Crippen molar-refractivity contribution in [2.75, 3.05) is 13.2 Å². The fraction of sp³-hybridized carbons (Fsp3) is 0.318. The van der Waals surface area contributed by atoms with Crippen LogP contribution in [-0.4, -0.2) is 46.3 Å².